The molecule has 3 aromatic rings. The SMILES string of the molecule is COc1ccc(OC)c(NS(=O)(=O)c2ccc(NC(=O)[C@H](C)N(c3ccc(Cl)cc3)S(C)(=O)=O)cc2)c1. The molecule has 0 heterocycles. The molecule has 0 spiro atoms. The van der Waals surface area contributed by atoms with Gasteiger partial charge in [-0.3, -0.25) is 13.8 Å². The van der Waals surface area contributed by atoms with Crippen molar-refractivity contribution >= 4 is 54.6 Å². The van der Waals surface area contributed by atoms with Crippen LogP contribution in [0.15, 0.2) is 71.6 Å². The second-order valence-electron chi connectivity index (χ2n) is 7.90. The number of sulfonamides is 2. The van der Waals surface area contributed by atoms with E-state index in [-0.39, 0.29) is 22.0 Å². The van der Waals surface area contributed by atoms with Crippen LogP contribution < -0.4 is 23.8 Å². The molecule has 0 aromatic heterocycles. The number of rotatable bonds is 10. The molecule has 2 N–H and O–H groups in total. The van der Waals surface area contributed by atoms with Gasteiger partial charge in [0.2, 0.25) is 15.9 Å². The summed E-state index contributed by atoms with van der Waals surface area (Å²) in [4.78, 5) is 12.8. The van der Waals surface area contributed by atoms with Crippen molar-refractivity contribution in [1.29, 1.82) is 0 Å². The number of nitrogens with one attached hydrogen (secondary N) is 2. The number of ether oxygens (including phenoxy) is 2. The van der Waals surface area contributed by atoms with Crippen LogP contribution in [-0.2, 0) is 24.8 Å². The first-order valence-electron chi connectivity index (χ1n) is 10.8. The molecule has 0 aliphatic carbocycles. The van der Waals surface area contributed by atoms with Gasteiger partial charge in [-0.25, -0.2) is 16.8 Å². The predicted molar refractivity (Wildman–Crippen MR) is 144 cm³/mol. The van der Waals surface area contributed by atoms with Gasteiger partial charge in [0.15, 0.2) is 0 Å². The molecule has 1 amide bonds. The molecule has 3 rings (SSSR count). The predicted octanol–water partition coefficient (Wildman–Crippen LogP) is 3.95. The van der Waals surface area contributed by atoms with Gasteiger partial charge in [-0.2, -0.15) is 0 Å². The van der Waals surface area contributed by atoms with Crippen LogP contribution in [0.4, 0.5) is 17.1 Å². The topological polar surface area (TPSA) is 131 Å². The van der Waals surface area contributed by atoms with Crippen LogP contribution in [0, 0.1) is 0 Å². The molecule has 0 saturated heterocycles. The zero-order valence-corrected chi connectivity index (χ0v) is 22.8. The Balaban J connectivity index is 1.78. The van der Waals surface area contributed by atoms with Crippen molar-refractivity contribution in [3.8, 4) is 11.5 Å². The molecule has 37 heavy (non-hydrogen) atoms. The maximum Gasteiger partial charge on any atom is 0.262 e. The summed E-state index contributed by atoms with van der Waals surface area (Å²) in [6.45, 7) is 1.44. The van der Waals surface area contributed by atoms with E-state index in [1.807, 2.05) is 0 Å². The van der Waals surface area contributed by atoms with Crippen LogP contribution in [0.2, 0.25) is 5.02 Å². The summed E-state index contributed by atoms with van der Waals surface area (Å²) < 4.78 is 64.5. The fourth-order valence-electron chi connectivity index (χ4n) is 3.46. The lowest BCUT2D eigenvalue weighted by Gasteiger charge is -2.28. The highest BCUT2D eigenvalue weighted by Crippen LogP contribution is 2.31. The molecule has 10 nitrogen and oxygen atoms in total. The Bertz CT molecular complexity index is 1480. The Labute approximate surface area is 221 Å². The van der Waals surface area contributed by atoms with Gasteiger partial charge < -0.3 is 14.8 Å². The lowest BCUT2D eigenvalue weighted by Crippen LogP contribution is -2.45. The summed E-state index contributed by atoms with van der Waals surface area (Å²) in [7, 11) is -4.94. The molecule has 13 heteroatoms. The van der Waals surface area contributed by atoms with E-state index in [0.717, 1.165) is 10.6 Å². The molecule has 3 aromatic carbocycles. The number of halogens is 1. The van der Waals surface area contributed by atoms with Crippen LogP contribution in [0.5, 0.6) is 11.5 Å². The Morgan fingerprint density at radius 3 is 2.08 bits per heavy atom. The van der Waals surface area contributed by atoms with Crippen LogP contribution >= 0.6 is 11.6 Å². The lowest BCUT2D eigenvalue weighted by atomic mass is 10.2. The van der Waals surface area contributed by atoms with Gasteiger partial charge in [-0.15, -0.1) is 0 Å². The maximum atomic E-state index is 12.9. The van der Waals surface area contributed by atoms with E-state index in [0.29, 0.717) is 16.5 Å². The number of carbonyl (C=O) groups excluding carboxylic acids is 1. The molecule has 0 aliphatic heterocycles. The lowest BCUT2D eigenvalue weighted by molar-refractivity contribution is -0.116. The molecule has 0 aliphatic rings. The van der Waals surface area contributed by atoms with E-state index in [1.165, 1.54) is 75.7 Å². The average Bonchev–Trinajstić information content (AvgIpc) is 2.84. The van der Waals surface area contributed by atoms with Crippen molar-refractivity contribution in [3.05, 3.63) is 71.8 Å². The first-order valence-corrected chi connectivity index (χ1v) is 14.5. The highest BCUT2D eigenvalue weighted by Gasteiger charge is 2.29. The summed E-state index contributed by atoms with van der Waals surface area (Å²) in [5, 5.41) is 3.03. The maximum absolute atomic E-state index is 12.9. The zero-order valence-electron chi connectivity index (χ0n) is 20.4. The summed E-state index contributed by atoms with van der Waals surface area (Å²) in [6, 6.07) is 15.0. The van der Waals surface area contributed by atoms with Crippen LogP contribution in [-0.4, -0.2) is 49.3 Å². The third kappa shape index (κ3) is 6.85. The molecule has 0 radical (unpaired) electrons. The number of benzene rings is 3. The van der Waals surface area contributed by atoms with Gasteiger partial charge >= 0.3 is 0 Å². The molecule has 0 saturated carbocycles. The zero-order chi connectivity index (χ0) is 27.4. The summed E-state index contributed by atoms with van der Waals surface area (Å²) >= 11 is 5.89. The summed E-state index contributed by atoms with van der Waals surface area (Å²) in [6.07, 6.45) is 0.995. The Kier molecular flexibility index (Phi) is 8.57. The highest BCUT2D eigenvalue weighted by molar-refractivity contribution is 7.92. The normalized spacial score (nSPS) is 12.4. The fraction of sp³-hybridized carbons (Fsp3) is 0.208. The first kappa shape index (κ1) is 28.1. The highest BCUT2D eigenvalue weighted by atomic mass is 35.5. The quantitative estimate of drug-likeness (QED) is 0.379. The van der Waals surface area contributed by atoms with E-state index in [2.05, 4.69) is 10.0 Å². The molecule has 0 fully saturated rings. The molecule has 0 bridgehead atoms. The fourth-order valence-corrected chi connectivity index (χ4v) is 5.82. The molecule has 1 atom stereocenters. The number of amides is 1. The van der Waals surface area contributed by atoms with Crippen molar-refractivity contribution in [2.75, 3.05) is 34.8 Å². The number of methoxy groups -OCH3 is 2. The monoisotopic (exact) mass is 567 g/mol. The standard InChI is InChI=1S/C24H26ClN3O7S2/c1-16(28(36(4,30)31)19-9-5-17(25)6-10-19)24(29)26-18-7-12-21(13-8-18)37(32,33)27-22-15-20(34-2)11-14-23(22)35-3/h5-16,27H,1-4H3,(H,26,29)/t16-/m0/s1. The van der Waals surface area contributed by atoms with Gasteiger partial charge in [0.25, 0.3) is 10.0 Å². The Morgan fingerprint density at radius 1 is 0.919 bits per heavy atom. The van der Waals surface area contributed by atoms with Gasteiger partial charge in [0, 0.05) is 16.8 Å². The molecule has 198 valence electrons. The Hall–Kier alpha value is -3.48. The minimum Gasteiger partial charge on any atom is -0.497 e. The summed E-state index contributed by atoms with van der Waals surface area (Å²) in [5.41, 5.74) is 0.741. The second kappa shape index (κ2) is 11.3. The molecular formula is C24H26ClN3O7S2. The van der Waals surface area contributed by atoms with Gasteiger partial charge in [-0.1, -0.05) is 11.6 Å². The van der Waals surface area contributed by atoms with E-state index < -0.39 is 32.0 Å². The van der Waals surface area contributed by atoms with Crippen molar-refractivity contribution in [2.45, 2.75) is 17.9 Å². The smallest absolute Gasteiger partial charge is 0.262 e. The van der Waals surface area contributed by atoms with E-state index in [1.54, 1.807) is 12.1 Å². The van der Waals surface area contributed by atoms with E-state index >= 15 is 0 Å². The number of nitrogens with zero attached hydrogens (tertiary/aromatic N) is 1. The summed E-state index contributed by atoms with van der Waals surface area (Å²) in [5.74, 6) is 0.126. The van der Waals surface area contributed by atoms with Crippen LogP contribution in [0.25, 0.3) is 0 Å². The third-order valence-electron chi connectivity index (χ3n) is 5.25. The number of hydrogen-bond acceptors (Lipinski definition) is 7. The second-order valence-corrected chi connectivity index (χ2v) is 11.9. The van der Waals surface area contributed by atoms with Crippen LogP contribution in [0.3, 0.4) is 0 Å². The number of carbonyl (C=O) groups is 1. The number of anilines is 3. The van der Waals surface area contributed by atoms with E-state index in [9.17, 15) is 21.6 Å². The van der Waals surface area contributed by atoms with Crippen LogP contribution in [0.1, 0.15) is 6.92 Å². The van der Waals surface area contributed by atoms with Crippen molar-refractivity contribution < 1.29 is 31.1 Å². The minimum atomic E-state index is -4.00. The largest absolute Gasteiger partial charge is 0.497 e. The van der Waals surface area contributed by atoms with Gasteiger partial charge in [-0.05, 0) is 67.6 Å². The van der Waals surface area contributed by atoms with Crippen molar-refractivity contribution in [2.24, 2.45) is 0 Å². The van der Waals surface area contributed by atoms with Crippen molar-refractivity contribution in [3.63, 3.8) is 0 Å². The van der Waals surface area contributed by atoms with Gasteiger partial charge in [0.1, 0.15) is 17.5 Å². The van der Waals surface area contributed by atoms with Crippen molar-refractivity contribution in [1.82, 2.24) is 0 Å². The third-order valence-corrected chi connectivity index (χ3v) is 8.13. The Morgan fingerprint density at radius 2 is 1.54 bits per heavy atom. The molecule has 0 unspecified atom stereocenters. The number of hydrogen-bond donors (Lipinski definition) is 2. The first-order chi connectivity index (χ1) is 17.4. The average molecular weight is 568 g/mol. The van der Waals surface area contributed by atoms with Gasteiger partial charge in [0.05, 0.1) is 36.7 Å². The van der Waals surface area contributed by atoms with E-state index in [4.69, 9.17) is 21.1 Å². The molecular weight excluding hydrogens is 542 g/mol. The minimum absolute atomic E-state index is 0.0673.